The monoisotopic (exact) mass is 278 g/mol. The summed E-state index contributed by atoms with van der Waals surface area (Å²) in [5, 5.41) is 17.1. The van der Waals surface area contributed by atoms with Gasteiger partial charge in [0, 0.05) is 11.4 Å². The van der Waals surface area contributed by atoms with Crippen LogP contribution in [0, 0.1) is 6.92 Å². The van der Waals surface area contributed by atoms with Gasteiger partial charge in [-0.05, 0) is 42.7 Å². The number of hydrogen-bond donors (Lipinski definition) is 3. The Hall–Kier alpha value is -2.48. The number of nitrogens with zero attached hydrogens (tertiary/aromatic N) is 2. The molecule has 0 spiro atoms. The number of carboxylic acid groups (broad SMARTS) is 1. The highest BCUT2D eigenvalue weighted by Crippen LogP contribution is 2.15. The van der Waals surface area contributed by atoms with Crippen LogP contribution in [-0.4, -0.2) is 26.7 Å². The van der Waals surface area contributed by atoms with Crippen LogP contribution in [0.15, 0.2) is 24.3 Å². The van der Waals surface area contributed by atoms with E-state index in [0.29, 0.717) is 11.4 Å². The lowest BCUT2D eigenvalue weighted by atomic mass is 10.2. The molecule has 8 heteroatoms. The maximum Gasteiger partial charge on any atom is 0.409 e. The second-order valence-corrected chi connectivity index (χ2v) is 4.60. The number of anilines is 2. The summed E-state index contributed by atoms with van der Waals surface area (Å²) < 4.78 is 3.69. The third kappa shape index (κ3) is 3.26. The van der Waals surface area contributed by atoms with Crippen LogP contribution in [-0.2, 0) is 0 Å². The van der Waals surface area contributed by atoms with E-state index in [2.05, 4.69) is 20.2 Å². The molecule has 0 saturated heterocycles. The summed E-state index contributed by atoms with van der Waals surface area (Å²) in [4.78, 5) is 23.0. The van der Waals surface area contributed by atoms with E-state index < -0.39 is 6.09 Å². The minimum atomic E-state index is -1.14. The number of carbonyl (C=O) groups is 2. The molecule has 1 aromatic heterocycles. The van der Waals surface area contributed by atoms with Crippen molar-refractivity contribution in [2.24, 2.45) is 0 Å². The Bertz CT molecular complexity index is 609. The molecule has 0 aliphatic carbocycles. The zero-order valence-corrected chi connectivity index (χ0v) is 10.7. The van der Waals surface area contributed by atoms with Crippen molar-refractivity contribution in [3.8, 4) is 0 Å². The lowest BCUT2D eigenvalue weighted by molar-refractivity contribution is 0.102. The van der Waals surface area contributed by atoms with Crippen molar-refractivity contribution in [3.05, 3.63) is 34.8 Å². The van der Waals surface area contributed by atoms with Gasteiger partial charge < -0.3 is 10.4 Å². The number of aromatic nitrogens is 2. The second-order valence-electron chi connectivity index (χ2n) is 3.64. The molecule has 2 aromatic rings. The highest BCUT2D eigenvalue weighted by Gasteiger charge is 2.13. The molecule has 0 fully saturated rings. The molecule has 7 nitrogen and oxygen atoms in total. The van der Waals surface area contributed by atoms with Crippen molar-refractivity contribution >= 4 is 34.9 Å². The van der Waals surface area contributed by atoms with Gasteiger partial charge in [0.15, 0.2) is 5.69 Å². The molecule has 0 aliphatic rings. The Morgan fingerprint density at radius 2 is 1.74 bits per heavy atom. The van der Waals surface area contributed by atoms with Crippen molar-refractivity contribution in [2.45, 2.75) is 6.92 Å². The summed E-state index contributed by atoms with van der Waals surface area (Å²) in [5.74, 6) is -0.342. The van der Waals surface area contributed by atoms with E-state index in [1.165, 1.54) is 0 Å². The van der Waals surface area contributed by atoms with Crippen LogP contribution >= 0.6 is 11.5 Å². The Morgan fingerprint density at radius 3 is 2.21 bits per heavy atom. The van der Waals surface area contributed by atoms with Gasteiger partial charge in [0.2, 0.25) is 0 Å². The summed E-state index contributed by atoms with van der Waals surface area (Å²) in [6, 6.07) is 6.29. The Morgan fingerprint density at radius 1 is 1.16 bits per heavy atom. The first-order valence-electron chi connectivity index (χ1n) is 5.26. The number of rotatable bonds is 3. The van der Waals surface area contributed by atoms with Gasteiger partial charge in [-0.2, -0.15) is 0 Å². The zero-order chi connectivity index (χ0) is 13.8. The summed E-state index contributed by atoms with van der Waals surface area (Å²) in [5.41, 5.74) is 1.27. The fourth-order valence-corrected chi connectivity index (χ4v) is 1.86. The predicted molar refractivity (Wildman–Crippen MR) is 70.7 cm³/mol. The van der Waals surface area contributed by atoms with Gasteiger partial charge in [-0.15, -0.1) is 5.10 Å². The molecule has 0 saturated carbocycles. The number of aryl methyl sites for hydroxylation is 1. The second kappa shape index (κ2) is 5.44. The minimum Gasteiger partial charge on any atom is -0.465 e. The number of benzene rings is 1. The van der Waals surface area contributed by atoms with Crippen molar-refractivity contribution in [1.82, 2.24) is 9.59 Å². The molecule has 98 valence electrons. The summed E-state index contributed by atoms with van der Waals surface area (Å²) in [7, 11) is 0. The fourth-order valence-electron chi connectivity index (χ4n) is 1.39. The van der Waals surface area contributed by atoms with E-state index in [1.54, 1.807) is 31.2 Å². The highest BCUT2D eigenvalue weighted by molar-refractivity contribution is 7.05. The Kier molecular flexibility index (Phi) is 3.71. The van der Waals surface area contributed by atoms with Gasteiger partial charge in [-0.25, -0.2) is 4.79 Å². The molecular weight excluding hydrogens is 268 g/mol. The highest BCUT2D eigenvalue weighted by atomic mass is 32.1. The van der Waals surface area contributed by atoms with Gasteiger partial charge in [-0.3, -0.25) is 10.1 Å². The minimum absolute atomic E-state index is 0.290. The normalized spacial score (nSPS) is 9.95. The van der Waals surface area contributed by atoms with Crippen molar-refractivity contribution in [1.29, 1.82) is 0 Å². The molecule has 2 rings (SSSR count). The summed E-state index contributed by atoms with van der Waals surface area (Å²) >= 11 is 1.16. The van der Waals surface area contributed by atoms with Gasteiger partial charge in [0.25, 0.3) is 5.91 Å². The molecule has 19 heavy (non-hydrogen) atoms. The molecular formula is C11H10N4O3S. The van der Waals surface area contributed by atoms with Crippen LogP contribution in [0.4, 0.5) is 16.2 Å². The quantitative estimate of drug-likeness (QED) is 0.798. The van der Waals surface area contributed by atoms with Crippen LogP contribution in [0.25, 0.3) is 0 Å². The van der Waals surface area contributed by atoms with E-state index >= 15 is 0 Å². The van der Waals surface area contributed by atoms with Crippen LogP contribution in [0.5, 0.6) is 0 Å². The molecule has 0 unspecified atom stereocenters. The first-order chi connectivity index (χ1) is 9.06. The van der Waals surface area contributed by atoms with Crippen molar-refractivity contribution in [3.63, 3.8) is 0 Å². The molecule has 0 radical (unpaired) electrons. The smallest absolute Gasteiger partial charge is 0.409 e. The van der Waals surface area contributed by atoms with Gasteiger partial charge in [0.1, 0.15) is 0 Å². The summed E-state index contributed by atoms with van der Waals surface area (Å²) in [6.07, 6.45) is -1.14. The zero-order valence-electron chi connectivity index (χ0n) is 9.88. The number of hydrogen-bond acceptors (Lipinski definition) is 5. The van der Waals surface area contributed by atoms with E-state index in [4.69, 9.17) is 5.11 Å². The summed E-state index contributed by atoms with van der Waals surface area (Å²) in [6.45, 7) is 1.76. The lowest BCUT2D eigenvalue weighted by Gasteiger charge is -2.05. The van der Waals surface area contributed by atoms with Crippen LogP contribution in [0.1, 0.15) is 15.4 Å². The number of amides is 2. The predicted octanol–water partition coefficient (Wildman–Crippen LogP) is 2.19. The number of nitrogens with one attached hydrogen (secondary N) is 2. The number of carbonyl (C=O) groups excluding carboxylic acids is 1. The molecule has 0 atom stereocenters. The molecule has 0 aliphatic heterocycles. The largest absolute Gasteiger partial charge is 0.465 e. The maximum atomic E-state index is 11.8. The average molecular weight is 278 g/mol. The van der Waals surface area contributed by atoms with Crippen LogP contribution < -0.4 is 10.6 Å². The molecule has 0 bridgehead atoms. The van der Waals surface area contributed by atoms with Crippen molar-refractivity contribution in [2.75, 3.05) is 10.6 Å². The Balaban J connectivity index is 2.06. The van der Waals surface area contributed by atoms with Crippen LogP contribution in [0.3, 0.4) is 0 Å². The van der Waals surface area contributed by atoms with E-state index in [0.717, 1.165) is 16.4 Å². The maximum absolute atomic E-state index is 11.8. The third-order valence-electron chi connectivity index (χ3n) is 2.26. The van der Waals surface area contributed by atoms with Crippen LogP contribution in [0.2, 0.25) is 0 Å². The van der Waals surface area contributed by atoms with Crippen molar-refractivity contribution < 1.29 is 14.7 Å². The van der Waals surface area contributed by atoms with Gasteiger partial charge >= 0.3 is 6.09 Å². The van der Waals surface area contributed by atoms with E-state index in [1.807, 2.05) is 0 Å². The molecule has 3 N–H and O–H groups in total. The first kappa shape index (κ1) is 13.0. The van der Waals surface area contributed by atoms with Gasteiger partial charge in [-0.1, -0.05) is 4.49 Å². The van der Waals surface area contributed by atoms with E-state index in [-0.39, 0.29) is 11.6 Å². The van der Waals surface area contributed by atoms with Gasteiger partial charge in [0.05, 0.1) is 4.88 Å². The fraction of sp³-hybridized carbons (Fsp3) is 0.0909. The molecule has 1 aromatic carbocycles. The molecule has 1 heterocycles. The molecule has 2 amide bonds. The lowest BCUT2D eigenvalue weighted by Crippen LogP contribution is -2.13. The van der Waals surface area contributed by atoms with E-state index in [9.17, 15) is 9.59 Å². The first-order valence-corrected chi connectivity index (χ1v) is 6.04. The average Bonchev–Trinajstić information content (AvgIpc) is 2.77. The Labute approximate surface area is 112 Å². The third-order valence-corrected chi connectivity index (χ3v) is 2.89. The SMILES string of the molecule is Cc1snnc1C(=O)Nc1ccc(NC(=O)O)cc1. The topological polar surface area (TPSA) is 104 Å². The standard InChI is InChI=1S/C11H10N4O3S/c1-6-9(14-15-19-6)10(16)12-7-2-4-8(5-3-7)13-11(17)18/h2-5,13H,1H3,(H,12,16)(H,17,18).